The van der Waals surface area contributed by atoms with Crippen molar-refractivity contribution in [2.24, 2.45) is 17.6 Å². The van der Waals surface area contributed by atoms with Crippen LogP contribution in [0.15, 0.2) is 18.2 Å². The van der Waals surface area contributed by atoms with Gasteiger partial charge in [0.1, 0.15) is 0 Å². The molecule has 0 bridgehead atoms. The molecule has 0 aromatic heterocycles. The topological polar surface area (TPSA) is 58.4 Å². The van der Waals surface area contributed by atoms with Crippen LogP contribution in [0.25, 0.3) is 0 Å². The molecule has 0 radical (unpaired) electrons. The molecule has 1 aromatic rings. The number of aryl methyl sites for hydroxylation is 2. The Morgan fingerprint density at radius 2 is 2.13 bits per heavy atom. The zero-order valence-corrected chi connectivity index (χ0v) is 14.9. The Hall–Kier alpha value is -1.10. The second-order valence-electron chi connectivity index (χ2n) is 6.87. The summed E-state index contributed by atoms with van der Waals surface area (Å²) in [7, 11) is 0. The van der Waals surface area contributed by atoms with E-state index >= 15 is 0 Å². The summed E-state index contributed by atoms with van der Waals surface area (Å²) in [5, 5.41) is 3.12. The summed E-state index contributed by atoms with van der Waals surface area (Å²) < 4.78 is 0. The molecule has 3 N–H and O–H groups in total. The van der Waals surface area contributed by atoms with Crippen LogP contribution in [-0.4, -0.2) is 36.5 Å². The summed E-state index contributed by atoms with van der Waals surface area (Å²) in [6.07, 6.45) is 3.31. The molecule has 1 saturated carbocycles. The van der Waals surface area contributed by atoms with Crippen LogP contribution in [0.2, 0.25) is 0 Å². The standard InChI is InChI=1S/C18H27N3O.ClH/c1-3-13-6-4-5-12(2)18(13)20-17(22)11-21-9-14-7-8-16(19)15(14)10-21;/h4-6,14-16H,3,7-11,19H2,1-2H3,(H,20,22);1H. The molecule has 1 aliphatic heterocycles. The van der Waals surface area contributed by atoms with Crippen molar-refractivity contribution >= 4 is 24.0 Å². The SMILES string of the molecule is CCc1cccc(C)c1NC(=O)CN1CC2CCC(N)C2C1.Cl. The van der Waals surface area contributed by atoms with E-state index in [1.807, 2.05) is 19.1 Å². The van der Waals surface area contributed by atoms with Gasteiger partial charge in [0, 0.05) is 24.8 Å². The molecule has 3 unspecified atom stereocenters. The van der Waals surface area contributed by atoms with Gasteiger partial charge in [0.2, 0.25) is 5.91 Å². The van der Waals surface area contributed by atoms with E-state index in [0.717, 1.165) is 37.2 Å². The van der Waals surface area contributed by atoms with E-state index in [0.29, 0.717) is 24.4 Å². The van der Waals surface area contributed by atoms with Crippen LogP contribution in [0.3, 0.4) is 0 Å². The highest BCUT2D eigenvalue weighted by molar-refractivity contribution is 5.93. The first-order chi connectivity index (χ1) is 10.6. The number of halogens is 1. The van der Waals surface area contributed by atoms with Crippen molar-refractivity contribution < 1.29 is 4.79 Å². The minimum atomic E-state index is 0. The molecular formula is C18H28ClN3O. The number of fused-ring (bicyclic) bond motifs is 1. The summed E-state index contributed by atoms with van der Waals surface area (Å²) >= 11 is 0. The molecule has 4 nitrogen and oxygen atoms in total. The van der Waals surface area contributed by atoms with Crippen molar-refractivity contribution in [3.05, 3.63) is 29.3 Å². The van der Waals surface area contributed by atoms with Gasteiger partial charge in [-0.2, -0.15) is 0 Å². The minimum absolute atomic E-state index is 0. The lowest BCUT2D eigenvalue weighted by Gasteiger charge is -2.19. The zero-order valence-electron chi connectivity index (χ0n) is 14.0. The van der Waals surface area contributed by atoms with Gasteiger partial charge in [-0.25, -0.2) is 0 Å². The summed E-state index contributed by atoms with van der Waals surface area (Å²) in [6.45, 7) is 6.66. The van der Waals surface area contributed by atoms with Gasteiger partial charge in [-0.3, -0.25) is 9.69 Å². The van der Waals surface area contributed by atoms with E-state index in [9.17, 15) is 4.79 Å². The summed E-state index contributed by atoms with van der Waals surface area (Å²) in [5.74, 6) is 1.39. The maximum atomic E-state index is 12.4. The van der Waals surface area contributed by atoms with Gasteiger partial charge in [-0.1, -0.05) is 25.1 Å². The Kier molecular flexibility index (Phi) is 6.06. The molecule has 1 heterocycles. The van der Waals surface area contributed by atoms with Crippen LogP contribution in [0.1, 0.15) is 30.9 Å². The Morgan fingerprint density at radius 1 is 1.35 bits per heavy atom. The van der Waals surface area contributed by atoms with Crippen molar-refractivity contribution in [2.75, 3.05) is 25.0 Å². The second-order valence-corrected chi connectivity index (χ2v) is 6.87. The van der Waals surface area contributed by atoms with E-state index in [1.165, 1.54) is 12.0 Å². The number of nitrogens with zero attached hydrogens (tertiary/aromatic N) is 1. The smallest absolute Gasteiger partial charge is 0.238 e. The number of carbonyl (C=O) groups excluding carboxylic acids is 1. The monoisotopic (exact) mass is 337 g/mol. The lowest BCUT2D eigenvalue weighted by atomic mass is 9.98. The van der Waals surface area contributed by atoms with Gasteiger partial charge in [0.15, 0.2) is 0 Å². The average molecular weight is 338 g/mol. The number of benzene rings is 1. The van der Waals surface area contributed by atoms with Gasteiger partial charge in [0.25, 0.3) is 0 Å². The number of rotatable bonds is 4. The van der Waals surface area contributed by atoms with Crippen LogP contribution < -0.4 is 11.1 Å². The normalized spacial score (nSPS) is 26.7. The number of carbonyl (C=O) groups is 1. The first-order valence-electron chi connectivity index (χ1n) is 8.44. The van der Waals surface area contributed by atoms with Crippen LogP contribution >= 0.6 is 12.4 Å². The Labute approximate surface area is 145 Å². The number of hydrogen-bond donors (Lipinski definition) is 2. The number of amides is 1. The van der Waals surface area contributed by atoms with Crippen molar-refractivity contribution in [3.8, 4) is 0 Å². The molecule has 23 heavy (non-hydrogen) atoms. The highest BCUT2D eigenvalue weighted by Gasteiger charge is 2.41. The number of anilines is 1. The molecule has 0 spiro atoms. The molecular weight excluding hydrogens is 310 g/mol. The molecule has 1 aromatic carbocycles. The number of nitrogens with one attached hydrogen (secondary N) is 1. The number of nitrogens with two attached hydrogens (primary N) is 1. The zero-order chi connectivity index (χ0) is 15.7. The van der Waals surface area contributed by atoms with E-state index < -0.39 is 0 Å². The van der Waals surface area contributed by atoms with E-state index in [-0.39, 0.29) is 18.3 Å². The van der Waals surface area contributed by atoms with Crippen molar-refractivity contribution in [3.63, 3.8) is 0 Å². The fraction of sp³-hybridized carbons (Fsp3) is 0.611. The fourth-order valence-electron chi connectivity index (χ4n) is 4.11. The van der Waals surface area contributed by atoms with Crippen molar-refractivity contribution in [1.82, 2.24) is 4.90 Å². The third kappa shape index (κ3) is 3.87. The highest BCUT2D eigenvalue weighted by Crippen LogP contribution is 2.36. The molecule has 1 saturated heterocycles. The molecule has 1 aliphatic carbocycles. The summed E-state index contributed by atoms with van der Waals surface area (Å²) in [4.78, 5) is 14.7. The molecule has 3 atom stereocenters. The Morgan fingerprint density at radius 3 is 2.83 bits per heavy atom. The van der Waals surface area contributed by atoms with Crippen LogP contribution in [-0.2, 0) is 11.2 Å². The Bertz CT molecular complexity index is 563. The van der Waals surface area contributed by atoms with Crippen LogP contribution in [0.4, 0.5) is 5.69 Å². The minimum Gasteiger partial charge on any atom is -0.327 e. The maximum absolute atomic E-state index is 12.4. The average Bonchev–Trinajstić information content (AvgIpc) is 3.03. The van der Waals surface area contributed by atoms with Gasteiger partial charge in [0.05, 0.1) is 6.54 Å². The van der Waals surface area contributed by atoms with Gasteiger partial charge >= 0.3 is 0 Å². The largest absolute Gasteiger partial charge is 0.327 e. The van der Waals surface area contributed by atoms with Crippen molar-refractivity contribution in [2.45, 2.75) is 39.2 Å². The molecule has 128 valence electrons. The first-order valence-corrected chi connectivity index (χ1v) is 8.44. The predicted molar refractivity (Wildman–Crippen MR) is 97.1 cm³/mol. The predicted octanol–water partition coefficient (Wildman–Crippen LogP) is 2.59. The van der Waals surface area contributed by atoms with E-state index in [2.05, 4.69) is 23.2 Å². The second kappa shape index (κ2) is 7.65. The lowest BCUT2D eigenvalue weighted by Crippen LogP contribution is -2.35. The van der Waals surface area contributed by atoms with Gasteiger partial charge in [-0.05, 0) is 49.1 Å². The third-order valence-electron chi connectivity index (χ3n) is 5.36. The first kappa shape index (κ1) is 18.2. The third-order valence-corrected chi connectivity index (χ3v) is 5.36. The van der Waals surface area contributed by atoms with E-state index in [1.54, 1.807) is 0 Å². The van der Waals surface area contributed by atoms with Crippen LogP contribution in [0.5, 0.6) is 0 Å². The molecule has 3 rings (SSSR count). The molecule has 2 fully saturated rings. The number of para-hydroxylation sites is 1. The number of hydrogen-bond acceptors (Lipinski definition) is 3. The van der Waals surface area contributed by atoms with Gasteiger partial charge < -0.3 is 11.1 Å². The quantitative estimate of drug-likeness (QED) is 0.887. The van der Waals surface area contributed by atoms with Crippen LogP contribution in [0, 0.1) is 18.8 Å². The molecule has 5 heteroatoms. The van der Waals surface area contributed by atoms with Crippen molar-refractivity contribution in [1.29, 1.82) is 0 Å². The molecule has 2 aliphatic rings. The highest BCUT2D eigenvalue weighted by atomic mass is 35.5. The number of likely N-dealkylation sites (tertiary alicyclic amines) is 1. The van der Waals surface area contributed by atoms with Gasteiger partial charge in [-0.15, -0.1) is 12.4 Å². The summed E-state index contributed by atoms with van der Waals surface area (Å²) in [6, 6.07) is 6.52. The van der Waals surface area contributed by atoms with E-state index in [4.69, 9.17) is 5.73 Å². The fourth-order valence-corrected chi connectivity index (χ4v) is 4.11. The molecule has 1 amide bonds. The Balaban J connectivity index is 0.00000192. The lowest BCUT2D eigenvalue weighted by molar-refractivity contribution is -0.117. The summed E-state index contributed by atoms with van der Waals surface area (Å²) in [5.41, 5.74) is 9.49. The maximum Gasteiger partial charge on any atom is 0.238 e.